The van der Waals surface area contributed by atoms with Crippen molar-refractivity contribution < 1.29 is 14.2 Å². The number of aliphatic hydroxyl groups is 1. The van der Waals surface area contributed by atoms with E-state index in [2.05, 4.69) is 34.1 Å². The van der Waals surface area contributed by atoms with Gasteiger partial charge in [0, 0.05) is 44.1 Å². The molecule has 4 rings (SSSR count). The van der Waals surface area contributed by atoms with E-state index in [-0.39, 0.29) is 12.4 Å². The van der Waals surface area contributed by atoms with Gasteiger partial charge in [-0.1, -0.05) is 24.3 Å². The van der Waals surface area contributed by atoms with Crippen LogP contribution in [-0.2, 0) is 6.42 Å². The second-order valence-electron chi connectivity index (χ2n) is 9.20. The van der Waals surface area contributed by atoms with Crippen LogP contribution in [0.1, 0.15) is 22.3 Å². The standard InChI is InChI=1S/C28H34FN3O2/c1-20-16-28(21(2)15-27(20)30)34-19-26(33)18-31-11-13-32(14-12-31)25-9-5-23(6-10-25)17-22-3-7-24(29)8-4-22/h3-10,15-16,26,33H,11-14,17-19,30H2,1-2H3. The predicted octanol–water partition coefficient (Wildman–Crippen LogP) is 4.18. The molecule has 0 bridgehead atoms. The van der Waals surface area contributed by atoms with Crippen LogP contribution in [0.3, 0.4) is 0 Å². The van der Waals surface area contributed by atoms with Crippen LogP contribution in [0.5, 0.6) is 5.75 Å². The van der Waals surface area contributed by atoms with Gasteiger partial charge in [0.2, 0.25) is 0 Å². The Morgan fingerprint density at radius 3 is 2.18 bits per heavy atom. The van der Waals surface area contributed by atoms with E-state index in [1.807, 2.05) is 38.1 Å². The summed E-state index contributed by atoms with van der Waals surface area (Å²) in [5.41, 5.74) is 12.2. The summed E-state index contributed by atoms with van der Waals surface area (Å²) in [6, 6.07) is 19.1. The van der Waals surface area contributed by atoms with Crippen molar-refractivity contribution in [3.05, 3.63) is 88.7 Å². The molecule has 1 heterocycles. The summed E-state index contributed by atoms with van der Waals surface area (Å²) in [6.45, 7) is 8.41. The fraction of sp³-hybridized carbons (Fsp3) is 0.357. The van der Waals surface area contributed by atoms with E-state index in [4.69, 9.17) is 10.5 Å². The highest BCUT2D eigenvalue weighted by atomic mass is 19.1. The van der Waals surface area contributed by atoms with Gasteiger partial charge < -0.3 is 20.5 Å². The summed E-state index contributed by atoms with van der Waals surface area (Å²) >= 11 is 0. The first kappa shape index (κ1) is 24.0. The smallest absolute Gasteiger partial charge is 0.123 e. The van der Waals surface area contributed by atoms with Gasteiger partial charge in [0.25, 0.3) is 0 Å². The molecule has 0 aliphatic carbocycles. The minimum atomic E-state index is -0.547. The molecule has 0 spiro atoms. The molecule has 0 saturated carbocycles. The first-order valence-electron chi connectivity index (χ1n) is 11.9. The Morgan fingerprint density at radius 2 is 1.53 bits per heavy atom. The van der Waals surface area contributed by atoms with Gasteiger partial charge in [-0.2, -0.15) is 0 Å². The maximum Gasteiger partial charge on any atom is 0.123 e. The van der Waals surface area contributed by atoms with Crippen LogP contribution in [0.25, 0.3) is 0 Å². The molecular formula is C28H34FN3O2. The summed E-state index contributed by atoms with van der Waals surface area (Å²) in [4.78, 5) is 4.66. The molecule has 1 aliphatic rings. The molecule has 0 aromatic heterocycles. The topological polar surface area (TPSA) is 62.0 Å². The second kappa shape index (κ2) is 10.9. The third-order valence-electron chi connectivity index (χ3n) is 6.46. The van der Waals surface area contributed by atoms with Crippen molar-refractivity contribution in [1.29, 1.82) is 0 Å². The highest BCUT2D eigenvalue weighted by Crippen LogP contribution is 2.24. The number of aryl methyl sites for hydroxylation is 2. The van der Waals surface area contributed by atoms with Gasteiger partial charge in [-0.15, -0.1) is 0 Å². The number of anilines is 2. The summed E-state index contributed by atoms with van der Waals surface area (Å²) in [6.07, 6.45) is 0.249. The summed E-state index contributed by atoms with van der Waals surface area (Å²) in [7, 11) is 0. The number of β-amino-alcohol motifs (C(OH)–C–C–N with tert-alkyl or cyclic N) is 1. The second-order valence-corrected chi connectivity index (χ2v) is 9.20. The Balaban J connectivity index is 1.22. The average molecular weight is 464 g/mol. The lowest BCUT2D eigenvalue weighted by molar-refractivity contribution is 0.0661. The fourth-order valence-electron chi connectivity index (χ4n) is 4.36. The van der Waals surface area contributed by atoms with Crippen molar-refractivity contribution in [2.75, 3.05) is 50.0 Å². The molecule has 0 radical (unpaired) electrons. The van der Waals surface area contributed by atoms with E-state index in [0.29, 0.717) is 6.54 Å². The first-order chi connectivity index (χ1) is 16.4. The van der Waals surface area contributed by atoms with Gasteiger partial charge in [-0.25, -0.2) is 4.39 Å². The molecule has 1 fully saturated rings. The van der Waals surface area contributed by atoms with Crippen LogP contribution in [0.2, 0.25) is 0 Å². The zero-order valence-electron chi connectivity index (χ0n) is 20.0. The van der Waals surface area contributed by atoms with Crippen LogP contribution in [-0.4, -0.2) is 55.4 Å². The maximum absolute atomic E-state index is 13.1. The SMILES string of the molecule is Cc1cc(OCC(O)CN2CCN(c3ccc(Cc4ccc(F)cc4)cc3)CC2)c(C)cc1N. The summed E-state index contributed by atoms with van der Waals surface area (Å²) in [5, 5.41) is 10.5. The normalized spacial score (nSPS) is 15.4. The Bertz CT molecular complexity index is 1080. The van der Waals surface area contributed by atoms with Crippen molar-refractivity contribution in [3.63, 3.8) is 0 Å². The van der Waals surface area contributed by atoms with E-state index in [1.54, 1.807) is 0 Å². The maximum atomic E-state index is 13.1. The highest BCUT2D eigenvalue weighted by molar-refractivity contribution is 5.53. The number of nitrogen functional groups attached to an aromatic ring is 1. The van der Waals surface area contributed by atoms with Crippen LogP contribution >= 0.6 is 0 Å². The van der Waals surface area contributed by atoms with E-state index in [1.165, 1.54) is 23.4 Å². The lowest BCUT2D eigenvalue weighted by Crippen LogP contribution is -2.49. The van der Waals surface area contributed by atoms with Gasteiger partial charge >= 0.3 is 0 Å². The summed E-state index contributed by atoms with van der Waals surface area (Å²) in [5.74, 6) is 0.573. The number of nitrogens with two attached hydrogens (primary N) is 1. The Kier molecular flexibility index (Phi) is 7.70. The van der Waals surface area contributed by atoms with Crippen LogP contribution in [0.4, 0.5) is 15.8 Å². The molecule has 1 atom stereocenters. The number of hydrogen-bond donors (Lipinski definition) is 2. The molecule has 5 nitrogen and oxygen atoms in total. The van der Waals surface area contributed by atoms with Gasteiger partial charge in [0.15, 0.2) is 0 Å². The zero-order valence-corrected chi connectivity index (χ0v) is 20.0. The fourth-order valence-corrected chi connectivity index (χ4v) is 4.36. The molecule has 1 saturated heterocycles. The molecule has 3 aromatic rings. The molecule has 3 N–H and O–H groups in total. The van der Waals surface area contributed by atoms with Crippen molar-refractivity contribution in [2.45, 2.75) is 26.4 Å². The van der Waals surface area contributed by atoms with Gasteiger partial charge in [0.1, 0.15) is 24.3 Å². The first-order valence-corrected chi connectivity index (χ1v) is 11.9. The summed E-state index contributed by atoms with van der Waals surface area (Å²) < 4.78 is 19.0. The van der Waals surface area contributed by atoms with E-state index >= 15 is 0 Å². The highest BCUT2D eigenvalue weighted by Gasteiger charge is 2.20. The Labute approximate surface area is 201 Å². The minimum absolute atomic E-state index is 0.203. The molecule has 180 valence electrons. The number of hydrogen-bond acceptors (Lipinski definition) is 5. The number of nitrogens with zero attached hydrogens (tertiary/aromatic N) is 2. The van der Waals surface area contributed by atoms with Crippen LogP contribution < -0.4 is 15.4 Å². The van der Waals surface area contributed by atoms with Crippen LogP contribution in [0, 0.1) is 19.7 Å². The largest absolute Gasteiger partial charge is 0.491 e. The van der Waals surface area contributed by atoms with Crippen molar-refractivity contribution in [3.8, 4) is 5.75 Å². The zero-order chi connectivity index (χ0) is 24.1. The molecule has 1 unspecified atom stereocenters. The van der Waals surface area contributed by atoms with Crippen molar-refractivity contribution in [1.82, 2.24) is 4.90 Å². The molecule has 6 heteroatoms. The average Bonchev–Trinajstić information content (AvgIpc) is 2.83. The number of halogens is 1. The number of rotatable bonds is 8. The third-order valence-corrected chi connectivity index (χ3v) is 6.46. The molecular weight excluding hydrogens is 429 g/mol. The quantitative estimate of drug-likeness (QED) is 0.491. The third kappa shape index (κ3) is 6.27. The van der Waals surface area contributed by atoms with Gasteiger partial charge in [0.05, 0.1) is 0 Å². The number of benzene rings is 3. The van der Waals surface area contributed by atoms with Gasteiger partial charge in [-0.05, 0) is 78.9 Å². The lowest BCUT2D eigenvalue weighted by atomic mass is 10.0. The van der Waals surface area contributed by atoms with Crippen LogP contribution in [0.15, 0.2) is 60.7 Å². The molecule has 1 aliphatic heterocycles. The number of ether oxygens (including phenoxy) is 1. The Morgan fingerprint density at radius 1 is 0.912 bits per heavy atom. The van der Waals surface area contributed by atoms with E-state index < -0.39 is 6.10 Å². The molecule has 3 aromatic carbocycles. The number of piperazine rings is 1. The molecule has 0 amide bonds. The van der Waals surface area contributed by atoms with Crippen molar-refractivity contribution >= 4 is 11.4 Å². The predicted molar refractivity (Wildman–Crippen MR) is 136 cm³/mol. The monoisotopic (exact) mass is 463 g/mol. The van der Waals surface area contributed by atoms with Crippen molar-refractivity contribution in [2.24, 2.45) is 0 Å². The van der Waals surface area contributed by atoms with E-state index in [0.717, 1.165) is 60.7 Å². The molecule has 34 heavy (non-hydrogen) atoms. The van der Waals surface area contributed by atoms with Gasteiger partial charge in [-0.3, -0.25) is 4.90 Å². The lowest BCUT2D eigenvalue weighted by Gasteiger charge is -2.37. The number of aliphatic hydroxyl groups excluding tert-OH is 1. The Hall–Kier alpha value is -3.09. The minimum Gasteiger partial charge on any atom is -0.491 e. The van der Waals surface area contributed by atoms with E-state index in [9.17, 15) is 9.50 Å².